The monoisotopic (exact) mass is 354 g/mol. The zero-order valence-corrected chi connectivity index (χ0v) is 14.2. The molecule has 1 aromatic carbocycles. The van der Waals surface area contributed by atoms with Crippen molar-refractivity contribution in [3.8, 4) is 5.75 Å². The predicted molar refractivity (Wildman–Crippen MR) is 91.9 cm³/mol. The van der Waals surface area contributed by atoms with Crippen LogP contribution in [0.4, 0.5) is 10.5 Å². The molecule has 0 radical (unpaired) electrons. The lowest BCUT2D eigenvalue weighted by atomic mass is 9.78. The minimum atomic E-state index is -0.413. The Labute approximate surface area is 147 Å². The lowest BCUT2D eigenvalue weighted by molar-refractivity contribution is -0.0231. The second-order valence-corrected chi connectivity index (χ2v) is 6.63. The van der Waals surface area contributed by atoms with Gasteiger partial charge in [0.2, 0.25) is 0 Å². The van der Waals surface area contributed by atoms with E-state index in [2.05, 4.69) is 5.32 Å². The van der Waals surface area contributed by atoms with Gasteiger partial charge in [-0.25, -0.2) is 4.79 Å². The van der Waals surface area contributed by atoms with E-state index < -0.39 is 6.10 Å². The van der Waals surface area contributed by atoms with Crippen LogP contribution in [0.5, 0.6) is 5.75 Å². The molecule has 6 nitrogen and oxygen atoms in total. The molecule has 3 aliphatic rings. The number of rotatable bonds is 3. The fourth-order valence-electron chi connectivity index (χ4n) is 3.89. The topological polar surface area (TPSA) is 71.0 Å². The van der Waals surface area contributed by atoms with Gasteiger partial charge in [-0.3, -0.25) is 4.90 Å². The number of cyclic esters (lactones) is 1. The lowest BCUT2D eigenvalue weighted by Crippen LogP contribution is -2.42. The van der Waals surface area contributed by atoms with Gasteiger partial charge in [0.1, 0.15) is 18.5 Å². The number of hydrogen-bond acceptors (Lipinski definition) is 5. The highest BCUT2D eigenvalue weighted by atomic mass is 35.5. The van der Waals surface area contributed by atoms with Crippen molar-refractivity contribution in [1.29, 1.82) is 0 Å². The molecule has 24 heavy (non-hydrogen) atoms. The molecule has 1 aliphatic carbocycles. The molecule has 2 heterocycles. The number of carbonyl (C=O) groups excluding carboxylic acids is 1. The second-order valence-electron chi connectivity index (χ2n) is 6.63. The van der Waals surface area contributed by atoms with Crippen molar-refractivity contribution in [1.82, 2.24) is 5.32 Å². The number of anilines is 1. The molecule has 0 bridgehead atoms. The van der Waals surface area contributed by atoms with Gasteiger partial charge in [-0.05, 0) is 62.0 Å². The summed E-state index contributed by atoms with van der Waals surface area (Å²) in [4.78, 5) is 13.2. The molecule has 3 fully saturated rings. The Morgan fingerprint density at radius 1 is 1.17 bits per heavy atom. The number of benzene rings is 1. The van der Waals surface area contributed by atoms with Gasteiger partial charge in [0.05, 0.1) is 12.6 Å². The standard InChI is InChI=1S/C17H22N2O4.ClH/c20-15-7-11-9-18-10-12(11)8-16(15)23-14-3-1-13(2-4-14)19-5-6-22-17(19)21;/h1-4,11-12,15-16,18,20H,5-10H2;1H/t11-,12+,15+,16+;/m0./s1. The third-order valence-electron chi connectivity index (χ3n) is 5.18. The number of aliphatic hydroxyl groups excluding tert-OH is 1. The van der Waals surface area contributed by atoms with E-state index in [9.17, 15) is 9.90 Å². The molecule has 2 N–H and O–H groups in total. The first-order chi connectivity index (χ1) is 11.2. The normalized spacial score (nSPS) is 32.0. The highest BCUT2D eigenvalue weighted by molar-refractivity contribution is 5.89. The van der Waals surface area contributed by atoms with Crippen LogP contribution < -0.4 is 15.0 Å². The number of amides is 1. The minimum Gasteiger partial charge on any atom is -0.488 e. The number of fused-ring (bicyclic) bond motifs is 1. The lowest BCUT2D eigenvalue weighted by Gasteiger charge is -2.35. The average Bonchev–Trinajstić information content (AvgIpc) is 3.17. The van der Waals surface area contributed by atoms with Gasteiger partial charge < -0.3 is 19.9 Å². The van der Waals surface area contributed by atoms with Crippen LogP contribution in [0.2, 0.25) is 0 Å². The molecule has 132 valence electrons. The van der Waals surface area contributed by atoms with Crippen LogP contribution in [0.25, 0.3) is 0 Å². The quantitative estimate of drug-likeness (QED) is 0.866. The van der Waals surface area contributed by atoms with Gasteiger partial charge in [-0.15, -0.1) is 12.4 Å². The van der Waals surface area contributed by atoms with E-state index in [0.29, 0.717) is 25.0 Å². The number of nitrogens with zero attached hydrogens (tertiary/aromatic N) is 1. The van der Waals surface area contributed by atoms with Gasteiger partial charge in [-0.1, -0.05) is 0 Å². The van der Waals surface area contributed by atoms with Gasteiger partial charge in [0.15, 0.2) is 0 Å². The molecule has 1 aromatic rings. The summed E-state index contributed by atoms with van der Waals surface area (Å²) < 4.78 is 11.0. The summed E-state index contributed by atoms with van der Waals surface area (Å²) in [5, 5.41) is 13.7. The van der Waals surface area contributed by atoms with E-state index in [0.717, 1.165) is 37.4 Å². The highest BCUT2D eigenvalue weighted by Gasteiger charge is 2.39. The highest BCUT2D eigenvalue weighted by Crippen LogP contribution is 2.35. The first-order valence-electron chi connectivity index (χ1n) is 8.30. The zero-order chi connectivity index (χ0) is 15.8. The summed E-state index contributed by atoms with van der Waals surface area (Å²) in [6.45, 7) is 3.04. The van der Waals surface area contributed by atoms with Crippen molar-refractivity contribution in [2.24, 2.45) is 11.8 Å². The minimum absolute atomic E-state index is 0. The zero-order valence-electron chi connectivity index (χ0n) is 13.4. The Bertz CT molecular complexity index is 582. The average molecular weight is 355 g/mol. The molecule has 1 saturated carbocycles. The summed E-state index contributed by atoms with van der Waals surface area (Å²) in [5.41, 5.74) is 0.809. The van der Waals surface area contributed by atoms with E-state index >= 15 is 0 Å². The molecule has 0 unspecified atom stereocenters. The van der Waals surface area contributed by atoms with Crippen LogP contribution >= 0.6 is 12.4 Å². The summed E-state index contributed by atoms with van der Waals surface area (Å²) in [6, 6.07) is 7.42. The van der Waals surface area contributed by atoms with Crippen LogP contribution in [0.1, 0.15) is 12.8 Å². The van der Waals surface area contributed by atoms with Gasteiger partial charge >= 0.3 is 6.09 Å². The number of hydrogen-bond donors (Lipinski definition) is 2. The summed E-state index contributed by atoms with van der Waals surface area (Å²) in [5.74, 6) is 1.91. The third kappa shape index (κ3) is 3.31. The summed E-state index contributed by atoms with van der Waals surface area (Å²) >= 11 is 0. The van der Waals surface area contributed by atoms with E-state index in [-0.39, 0.29) is 24.6 Å². The number of nitrogens with one attached hydrogen (secondary N) is 1. The molecule has 2 aliphatic heterocycles. The fraction of sp³-hybridized carbons (Fsp3) is 0.588. The molecule has 0 spiro atoms. The molecule has 4 atom stereocenters. The number of ether oxygens (including phenoxy) is 2. The fourth-order valence-corrected chi connectivity index (χ4v) is 3.89. The Kier molecular flexibility index (Phi) is 5.18. The maximum atomic E-state index is 11.6. The molecular formula is C17H23ClN2O4. The SMILES string of the molecule is Cl.O=C1OCCN1c1ccc(O[C@@H]2C[C@@H]3CNC[C@@H]3C[C@H]2O)cc1. The van der Waals surface area contributed by atoms with Crippen molar-refractivity contribution in [2.45, 2.75) is 25.0 Å². The Morgan fingerprint density at radius 2 is 1.88 bits per heavy atom. The smallest absolute Gasteiger partial charge is 0.414 e. The van der Waals surface area contributed by atoms with E-state index in [1.165, 1.54) is 0 Å². The van der Waals surface area contributed by atoms with Crippen molar-refractivity contribution >= 4 is 24.2 Å². The van der Waals surface area contributed by atoms with Crippen molar-refractivity contribution in [3.63, 3.8) is 0 Å². The maximum Gasteiger partial charge on any atom is 0.414 e. The molecule has 4 rings (SSSR count). The van der Waals surface area contributed by atoms with E-state index in [1.807, 2.05) is 24.3 Å². The Balaban J connectivity index is 0.00000169. The second kappa shape index (κ2) is 7.17. The number of halogens is 1. The molecule has 0 aromatic heterocycles. The first-order valence-corrected chi connectivity index (χ1v) is 8.30. The van der Waals surface area contributed by atoms with Gasteiger partial charge in [0.25, 0.3) is 0 Å². The Hall–Kier alpha value is -1.50. The van der Waals surface area contributed by atoms with Gasteiger partial charge in [0, 0.05) is 5.69 Å². The van der Waals surface area contributed by atoms with Gasteiger partial charge in [-0.2, -0.15) is 0 Å². The van der Waals surface area contributed by atoms with Crippen LogP contribution in [-0.2, 0) is 4.74 Å². The molecule has 1 amide bonds. The Morgan fingerprint density at radius 3 is 2.54 bits per heavy atom. The van der Waals surface area contributed by atoms with Crippen molar-refractivity contribution < 1.29 is 19.4 Å². The molecule has 7 heteroatoms. The summed E-state index contributed by atoms with van der Waals surface area (Å²) in [6.07, 6.45) is 0.822. The largest absolute Gasteiger partial charge is 0.488 e. The predicted octanol–water partition coefficient (Wildman–Crippen LogP) is 1.80. The van der Waals surface area contributed by atoms with E-state index in [1.54, 1.807) is 4.90 Å². The first kappa shape index (κ1) is 17.3. The van der Waals surface area contributed by atoms with Crippen LogP contribution in [0.3, 0.4) is 0 Å². The number of aliphatic hydroxyl groups is 1. The van der Waals surface area contributed by atoms with Crippen LogP contribution in [-0.4, -0.2) is 49.6 Å². The van der Waals surface area contributed by atoms with Crippen molar-refractivity contribution in [3.05, 3.63) is 24.3 Å². The molecular weight excluding hydrogens is 332 g/mol. The van der Waals surface area contributed by atoms with E-state index in [4.69, 9.17) is 9.47 Å². The summed E-state index contributed by atoms with van der Waals surface area (Å²) in [7, 11) is 0. The van der Waals surface area contributed by atoms with Crippen LogP contribution in [0.15, 0.2) is 24.3 Å². The number of carbonyl (C=O) groups is 1. The molecule has 2 saturated heterocycles. The third-order valence-corrected chi connectivity index (χ3v) is 5.18. The maximum absolute atomic E-state index is 11.6. The van der Waals surface area contributed by atoms with Crippen molar-refractivity contribution in [2.75, 3.05) is 31.1 Å². The van der Waals surface area contributed by atoms with Crippen LogP contribution in [0, 0.1) is 11.8 Å².